The molecule has 0 radical (unpaired) electrons. The van der Waals surface area contributed by atoms with Crippen LogP contribution in [0.25, 0.3) is 0 Å². The van der Waals surface area contributed by atoms with Crippen LogP contribution in [-0.4, -0.2) is 42.2 Å². The van der Waals surface area contributed by atoms with E-state index in [-0.39, 0.29) is 5.91 Å². The molecule has 0 unspecified atom stereocenters. The molecular formula is C26H34N2O3. The van der Waals surface area contributed by atoms with Crippen molar-refractivity contribution in [2.75, 3.05) is 31.6 Å². The Morgan fingerprint density at radius 3 is 2.55 bits per heavy atom. The fraction of sp³-hybridized carbons (Fsp3) is 0.500. The number of hydrogen-bond donors (Lipinski definition) is 2. The van der Waals surface area contributed by atoms with Gasteiger partial charge in [-0.05, 0) is 55.8 Å². The quantitative estimate of drug-likeness (QED) is 0.585. The maximum atomic E-state index is 11.5. The molecule has 31 heavy (non-hydrogen) atoms. The molecule has 166 valence electrons. The van der Waals surface area contributed by atoms with Crippen molar-refractivity contribution in [3.05, 3.63) is 59.7 Å². The summed E-state index contributed by atoms with van der Waals surface area (Å²) < 4.78 is 5.88. The van der Waals surface area contributed by atoms with E-state index in [1.165, 1.54) is 18.4 Å². The molecule has 0 bridgehead atoms. The lowest BCUT2D eigenvalue weighted by atomic mass is 9.84. The van der Waals surface area contributed by atoms with Crippen LogP contribution in [0.3, 0.4) is 0 Å². The number of hydrogen-bond acceptors (Lipinski definition) is 4. The Balaban J connectivity index is 1.08. The van der Waals surface area contributed by atoms with E-state index in [0.29, 0.717) is 13.0 Å². The van der Waals surface area contributed by atoms with Crippen molar-refractivity contribution in [1.29, 1.82) is 0 Å². The SMILES string of the molecule is O=C1CCc2ccc(OCCCCCCN3CCC(O)(c4ccccc4)CC3)cc2N1. The highest BCUT2D eigenvalue weighted by atomic mass is 16.5. The second kappa shape index (κ2) is 10.3. The third kappa shape index (κ3) is 5.86. The molecule has 2 aliphatic rings. The van der Waals surface area contributed by atoms with Crippen LogP contribution < -0.4 is 10.1 Å². The highest BCUT2D eigenvalue weighted by molar-refractivity contribution is 5.94. The van der Waals surface area contributed by atoms with Crippen molar-refractivity contribution in [2.45, 2.75) is 57.0 Å². The van der Waals surface area contributed by atoms with Gasteiger partial charge in [-0.3, -0.25) is 4.79 Å². The molecule has 0 spiro atoms. The number of carbonyl (C=O) groups is 1. The van der Waals surface area contributed by atoms with Crippen molar-refractivity contribution in [2.24, 2.45) is 0 Å². The van der Waals surface area contributed by atoms with Gasteiger partial charge in [0.05, 0.1) is 12.2 Å². The average Bonchev–Trinajstić information content (AvgIpc) is 2.80. The van der Waals surface area contributed by atoms with Crippen molar-refractivity contribution in [3.63, 3.8) is 0 Å². The van der Waals surface area contributed by atoms with Gasteiger partial charge in [0.25, 0.3) is 0 Å². The first-order valence-corrected chi connectivity index (χ1v) is 11.7. The zero-order valence-corrected chi connectivity index (χ0v) is 18.3. The Morgan fingerprint density at radius 1 is 0.968 bits per heavy atom. The second-order valence-corrected chi connectivity index (χ2v) is 8.87. The largest absolute Gasteiger partial charge is 0.494 e. The van der Waals surface area contributed by atoms with Crippen LogP contribution in [0.15, 0.2) is 48.5 Å². The molecule has 5 heteroatoms. The molecule has 1 saturated heterocycles. The van der Waals surface area contributed by atoms with Gasteiger partial charge in [0, 0.05) is 31.3 Å². The minimum absolute atomic E-state index is 0.0862. The first kappa shape index (κ1) is 21.8. The van der Waals surface area contributed by atoms with Crippen LogP contribution in [0.4, 0.5) is 5.69 Å². The predicted octanol–water partition coefficient (Wildman–Crippen LogP) is 4.49. The monoisotopic (exact) mass is 422 g/mol. The van der Waals surface area contributed by atoms with E-state index in [1.807, 2.05) is 42.5 Å². The summed E-state index contributed by atoms with van der Waals surface area (Å²) in [5.41, 5.74) is 2.48. The van der Waals surface area contributed by atoms with Crippen LogP contribution in [0.5, 0.6) is 5.75 Å². The first-order valence-electron chi connectivity index (χ1n) is 11.7. The molecule has 5 nitrogen and oxygen atoms in total. The van der Waals surface area contributed by atoms with Gasteiger partial charge >= 0.3 is 0 Å². The van der Waals surface area contributed by atoms with Gasteiger partial charge in [-0.25, -0.2) is 0 Å². The Labute approximate surface area is 185 Å². The smallest absolute Gasteiger partial charge is 0.224 e. The number of piperidine rings is 1. The highest BCUT2D eigenvalue weighted by Crippen LogP contribution is 2.32. The molecular weight excluding hydrogens is 388 g/mol. The van der Waals surface area contributed by atoms with Crippen LogP contribution in [0, 0.1) is 0 Å². The van der Waals surface area contributed by atoms with Crippen molar-refractivity contribution in [1.82, 2.24) is 4.90 Å². The number of ether oxygens (including phenoxy) is 1. The topological polar surface area (TPSA) is 61.8 Å². The van der Waals surface area contributed by atoms with Gasteiger partial charge in [0.1, 0.15) is 5.75 Å². The van der Waals surface area contributed by atoms with Crippen LogP contribution >= 0.6 is 0 Å². The van der Waals surface area contributed by atoms with E-state index in [0.717, 1.165) is 68.7 Å². The molecule has 2 aliphatic heterocycles. The van der Waals surface area contributed by atoms with E-state index >= 15 is 0 Å². The number of nitrogens with zero attached hydrogens (tertiary/aromatic N) is 1. The first-order chi connectivity index (χ1) is 15.1. The molecule has 1 amide bonds. The van der Waals surface area contributed by atoms with E-state index in [4.69, 9.17) is 4.74 Å². The van der Waals surface area contributed by atoms with Crippen LogP contribution in [0.1, 0.15) is 56.1 Å². The molecule has 0 atom stereocenters. The molecule has 0 aliphatic carbocycles. The minimum atomic E-state index is -0.658. The van der Waals surface area contributed by atoms with E-state index < -0.39 is 5.60 Å². The molecule has 1 fully saturated rings. The lowest BCUT2D eigenvalue weighted by molar-refractivity contribution is -0.116. The summed E-state index contributed by atoms with van der Waals surface area (Å²) in [4.78, 5) is 14.0. The number of fused-ring (bicyclic) bond motifs is 1. The summed E-state index contributed by atoms with van der Waals surface area (Å²) in [5, 5.41) is 13.9. The summed E-state index contributed by atoms with van der Waals surface area (Å²) in [5.74, 6) is 0.920. The van der Waals surface area contributed by atoms with E-state index in [2.05, 4.69) is 16.3 Å². The van der Waals surface area contributed by atoms with Gasteiger partial charge in [0.2, 0.25) is 5.91 Å². The fourth-order valence-electron chi connectivity index (χ4n) is 4.61. The maximum absolute atomic E-state index is 11.5. The second-order valence-electron chi connectivity index (χ2n) is 8.87. The van der Waals surface area contributed by atoms with Gasteiger partial charge in [-0.15, -0.1) is 0 Å². The summed E-state index contributed by atoms with van der Waals surface area (Å²) in [6.45, 7) is 3.74. The number of unbranched alkanes of at least 4 members (excludes halogenated alkanes) is 3. The van der Waals surface area contributed by atoms with E-state index in [9.17, 15) is 9.90 Å². The number of anilines is 1. The predicted molar refractivity (Wildman–Crippen MR) is 123 cm³/mol. The van der Waals surface area contributed by atoms with Crippen LogP contribution in [-0.2, 0) is 16.8 Å². The van der Waals surface area contributed by atoms with Crippen LogP contribution in [0.2, 0.25) is 0 Å². The molecule has 2 heterocycles. The van der Waals surface area contributed by atoms with Gasteiger partial charge in [-0.1, -0.05) is 49.2 Å². The van der Waals surface area contributed by atoms with Gasteiger partial charge in [0.15, 0.2) is 0 Å². The Bertz CT molecular complexity index is 860. The third-order valence-corrected chi connectivity index (χ3v) is 6.61. The lowest BCUT2D eigenvalue weighted by Gasteiger charge is -2.38. The number of nitrogens with one attached hydrogen (secondary N) is 1. The standard InChI is InChI=1S/C26H34N2O3/c29-25-13-11-21-10-12-23(20-24(21)27-25)31-19-7-2-1-6-16-28-17-14-26(30,15-18-28)22-8-4-3-5-9-22/h3-5,8-10,12,20,30H,1-2,6-7,11,13-19H2,(H,27,29). The van der Waals surface area contributed by atoms with Crippen molar-refractivity contribution in [3.8, 4) is 5.75 Å². The van der Waals surface area contributed by atoms with Gasteiger partial charge < -0.3 is 20.1 Å². The highest BCUT2D eigenvalue weighted by Gasteiger charge is 2.33. The number of carbonyl (C=O) groups excluding carboxylic acids is 1. The molecule has 0 aromatic heterocycles. The fourth-order valence-corrected chi connectivity index (χ4v) is 4.61. The minimum Gasteiger partial charge on any atom is -0.494 e. The Kier molecular flexibility index (Phi) is 7.25. The summed E-state index contributed by atoms with van der Waals surface area (Å²) in [7, 11) is 0. The maximum Gasteiger partial charge on any atom is 0.224 e. The van der Waals surface area contributed by atoms with E-state index in [1.54, 1.807) is 0 Å². The molecule has 0 saturated carbocycles. The third-order valence-electron chi connectivity index (χ3n) is 6.61. The molecule has 2 aromatic rings. The zero-order chi connectivity index (χ0) is 21.5. The zero-order valence-electron chi connectivity index (χ0n) is 18.3. The number of likely N-dealkylation sites (tertiary alicyclic amines) is 1. The summed E-state index contributed by atoms with van der Waals surface area (Å²) in [6, 6.07) is 16.1. The number of amides is 1. The number of aliphatic hydroxyl groups is 1. The Hall–Kier alpha value is -2.37. The molecule has 4 rings (SSSR count). The Morgan fingerprint density at radius 2 is 1.74 bits per heavy atom. The number of aryl methyl sites for hydroxylation is 1. The average molecular weight is 423 g/mol. The normalized spacial score (nSPS) is 18.3. The van der Waals surface area contributed by atoms with Crippen molar-refractivity contribution < 1.29 is 14.6 Å². The van der Waals surface area contributed by atoms with Crippen molar-refractivity contribution >= 4 is 11.6 Å². The number of benzene rings is 2. The summed E-state index contributed by atoms with van der Waals surface area (Å²) >= 11 is 0. The van der Waals surface area contributed by atoms with Gasteiger partial charge in [-0.2, -0.15) is 0 Å². The summed E-state index contributed by atoms with van der Waals surface area (Å²) in [6.07, 6.45) is 7.58. The lowest BCUT2D eigenvalue weighted by Crippen LogP contribution is -2.42. The molecule has 2 N–H and O–H groups in total. The number of rotatable bonds is 9. The molecule has 2 aromatic carbocycles.